The predicted molar refractivity (Wildman–Crippen MR) is 118 cm³/mol. The summed E-state index contributed by atoms with van der Waals surface area (Å²) in [6.45, 7) is -0.0992. The molecule has 4 rings (SSSR count). The summed E-state index contributed by atoms with van der Waals surface area (Å²) in [5.74, 6) is -1.70. The molecule has 0 aromatic heterocycles. The van der Waals surface area contributed by atoms with E-state index in [0.29, 0.717) is 16.7 Å². The Morgan fingerprint density at radius 3 is 1.42 bits per heavy atom. The molecule has 0 unspecified atom stereocenters. The minimum Gasteiger partial charge on any atom is -0.454 e. The van der Waals surface area contributed by atoms with Crippen LogP contribution in [0.1, 0.15) is 37.5 Å². The van der Waals surface area contributed by atoms with Gasteiger partial charge in [-0.3, -0.25) is 0 Å². The maximum absolute atomic E-state index is 12.7. The summed E-state index contributed by atoms with van der Waals surface area (Å²) in [5.41, 5.74) is 1.09. The van der Waals surface area contributed by atoms with Gasteiger partial charge in [-0.15, -0.1) is 0 Å². The van der Waals surface area contributed by atoms with Gasteiger partial charge in [-0.1, -0.05) is 54.6 Å². The maximum Gasteiger partial charge on any atom is 0.340 e. The van der Waals surface area contributed by atoms with Crippen molar-refractivity contribution in [3.05, 3.63) is 108 Å². The highest BCUT2D eigenvalue weighted by Gasteiger charge is 2.38. The zero-order chi connectivity index (χ0) is 23.0. The first kappa shape index (κ1) is 22.2. The second-order valence-electron chi connectivity index (χ2n) is 7.39. The van der Waals surface area contributed by atoms with Crippen molar-refractivity contribution in [3.63, 3.8) is 0 Å². The molecule has 0 aliphatic carbocycles. The number of carbonyl (C=O) groups excluding carboxylic acids is 3. The van der Waals surface area contributed by atoms with Crippen LogP contribution in [-0.2, 0) is 18.9 Å². The van der Waals surface area contributed by atoms with Gasteiger partial charge in [-0.25, -0.2) is 14.4 Å². The second kappa shape index (κ2) is 10.6. The second-order valence-corrected chi connectivity index (χ2v) is 7.39. The number of hydrogen-bond acceptors (Lipinski definition) is 7. The third kappa shape index (κ3) is 5.84. The Hall–Kier alpha value is -3.97. The van der Waals surface area contributed by atoms with Crippen LogP contribution in [0.5, 0.6) is 0 Å². The SMILES string of the molecule is O=C(O[C@@H]1C[C@H](OC(=O)c2ccccc2)[C@H](OC(=O)c2ccccc2)CO1)c1ccccc1. The number of hydrogen-bond donors (Lipinski definition) is 0. The topological polar surface area (TPSA) is 88.1 Å². The quantitative estimate of drug-likeness (QED) is 0.417. The van der Waals surface area contributed by atoms with Crippen LogP contribution in [0, 0.1) is 0 Å². The van der Waals surface area contributed by atoms with Gasteiger partial charge >= 0.3 is 17.9 Å². The van der Waals surface area contributed by atoms with Crippen molar-refractivity contribution in [2.45, 2.75) is 24.9 Å². The third-order valence-corrected chi connectivity index (χ3v) is 5.07. The highest BCUT2D eigenvalue weighted by Crippen LogP contribution is 2.24. The zero-order valence-electron chi connectivity index (χ0n) is 17.7. The fraction of sp³-hybridized carbons (Fsp3) is 0.192. The van der Waals surface area contributed by atoms with Gasteiger partial charge < -0.3 is 18.9 Å². The first-order valence-electron chi connectivity index (χ1n) is 10.5. The molecule has 0 saturated carbocycles. The molecule has 0 N–H and O–H groups in total. The van der Waals surface area contributed by atoms with Gasteiger partial charge in [0.15, 0.2) is 6.10 Å². The average molecular weight is 446 g/mol. The van der Waals surface area contributed by atoms with Crippen molar-refractivity contribution in [3.8, 4) is 0 Å². The monoisotopic (exact) mass is 446 g/mol. The van der Waals surface area contributed by atoms with E-state index in [9.17, 15) is 14.4 Å². The maximum atomic E-state index is 12.7. The summed E-state index contributed by atoms with van der Waals surface area (Å²) in [6.07, 6.45) is -2.67. The lowest BCUT2D eigenvalue weighted by molar-refractivity contribution is -0.196. The Bertz CT molecular complexity index is 1080. The first-order valence-corrected chi connectivity index (χ1v) is 10.5. The molecule has 1 heterocycles. The van der Waals surface area contributed by atoms with Crippen molar-refractivity contribution in [2.24, 2.45) is 0 Å². The van der Waals surface area contributed by atoms with E-state index in [1.807, 2.05) is 0 Å². The molecule has 1 aliphatic rings. The molecule has 1 aliphatic heterocycles. The van der Waals surface area contributed by atoms with Gasteiger partial charge in [0, 0.05) is 0 Å². The molecule has 33 heavy (non-hydrogen) atoms. The van der Waals surface area contributed by atoms with Crippen LogP contribution in [0.4, 0.5) is 0 Å². The van der Waals surface area contributed by atoms with Crippen LogP contribution < -0.4 is 0 Å². The lowest BCUT2D eigenvalue weighted by Crippen LogP contribution is -2.47. The number of rotatable bonds is 6. The zero-order valence-corrected chi connectivity index (χ0v) is 17.7. The smallest absolute Gasteiger partial charge is 0.340 e. The fourth-order valence-corrected chi connectivity index (χ4v) is 3.36. The van der Waals surface area contributed by atoms with Gasteiger partial charge in [0.2, 0.25) is 6.29 Å². The molecule has 168 valence electrons. The molecule has 0 radical (unpaired) electrons. The molecule has 3 aromatic carbocycles. The molecule has 0 bridgehead atoms. The molecule has 7 nitrogen and oxygen atoms in total. The Morgan fingerprint density at radius 2 is 0.970 bits per heavy atom. The lowest BCUT2D eigenvalue weighted by Gasteiger charge is -2.34. The van der Waals surface area contributed by atoms with Crippen LogP contribution in [0.15, 0.2) is 91.0 Å². The molecule has 1 saturated heterocycles. The number of ether oxygens (including phenoxy) is 4. The van der Waals surface area contributed by atoms with Gasteiger partial charge in [0.05, 0.1) is 29.7 Å². The lowest BCUT2D eigenvalue weighted by atomic mass is 10.1. The molecule has 1 fully saturated rings. The summed E-state index contributed by atoms with van der Waals surface area (Å²) in [5, 5.41) is 0. The van der Waals surface area contributed by atoms with Crippen molar-refractivity contribution in [2.75, 3.05) is 6.61 Å². The molecular formula is C26H22O7. The van der Waals surface area contributed by atoms with E-state index >= 15 is 0 Å². The normalized spacial score (nSPS) is 19.8. The molecular weight excluding hydrogens is 424 g/mol. The Labute approximate surface area is 190 Å². The first-order chi connectivity index (χ1) is 16.1. The minimum absolute atomic E-state index is 0.0177. The Kier molecular flexibility index (Phi) is 7.12. The summed E-state index contributed by atoms with van der Waals surface area (Å²) in [6, 6.07) is 25.5. The molecule has 3 aromatic rings. The molecule has 0 amide bonds. The number of esters is 3. The summed E-state index contributed by atoms with van der Waals surface area (Å²) < 4.78 is 22.3. The van der Waals surface area contributed by atoms with Crippen LogP contribution in [0.25, 0.3) is 0 Å². The van der Waals surface area contributed by atoms with E-state index in [1.54, 1.807) is 91.0 Å². The average Bonchev–Trinajstić information content (AvgIpc) is 2.87. The van der Waals surface area contributed by atoms with Crippen LogP contribution in [-0.4, -0.2) is 43.0 Å². The van der Waals surface area contributed by atoms with E-state index < -0.39 is 36.4 Å². The van der Waals surface area contributed by atoms with Crippen LogP contribution >= 0.6 is 0 Å². The highest BCUT2D eigenvalue weighted by atomic mass is 16.7. The summed E-state index contributed by atoms with van der Waals surface area (Å²) in [4.78, 5) is 37.6. The largest absolute Gasteiger partial charge is 0.454 e. The van der Waals surface area contributed by atoms with E-state index in [2.05, 4.69) is 0 Å². The highest BCUT2D eigenvalue weighted by molar-refractivity contribution is 5.90. The molecule has 3 atom stereocenters. The molecule has 7 heteroatoms. The van der Waals surface area contributed by atoms with E-state index in [0.717, 1.165) is 0 Å². The van der Waals surface area contributed by atoms with Crippen molar-refractivity contribution in [1.29, 1.82) is 0 Å². The summed E-state index contributed by atoms with van der Waals surface area (Å²) >= 11 is 0. The van der Waals surface area contributed by atoms with Gasteiger partial charge in [0.25, 0.3) is 0 Å². The third-order valence-electron chi connectivity index (χ3n) is 5.07. The Morgan fingerprint density at radius 1 is 0.576 bits per heavy atom. The van der Waals surface area contributed by atoms with Crippen LogP contribution in [0.2, 0.25) is 0 Å². The standard InChI is InChI=1S/C26H22O7/c27-24(18-10-4-1-5-11-18)31-21-16-23(33-26(29)20-14-8-3-9-15-20)30-17-22(21)32-25(28)19-12-6-2-7-13-19/h1-15,21-23H,16-17H2/t21-,22+,23+/m0/s1. The summed E-state index contributed by atoms with van der Waals surface area (Å²) in [7, 11) is 0. The fourth-order valence-electron chi connectivity index (χ4n) is 3.36. The van der Waals surface area contributed by atoms with E-state index in [1.165, 1.54) is 0 Å². The number of carbonyl (C=O) groups is 3. The van der Waals surface area contributed by atoms with Crippen LogP contribution in [0.3, 0.4) is 0 Å². The van der Waals surface area contributed by atoms with Crippen molar-refractivity contribution >= 4 is 17.9 Å². The van der Waals surface area contributed by atoms with Crippen molar-refractivity contribution in [1.82, 2.24) is 0 Å². The van der Waals surface area contributed by atoms with E-state index in [4.69, 9.17) is 18.9 Å². The van der Waals surface area contributed by atoms with Crippen molar-refractivity contribution < 1.29 is 33.3 Å². The predicted octanol–water partition coefficient (Wildman–Crippen LogP) is 4.04. The van der Waals surface area contributed by atoms with Gasteiger partial charge in [-0.2, -0.15) is 0 Å². The van der Waals surface area contributed by atoms with Gasteiger partial charge in [-0.05, 0) is 36.4 Å². The Balaban J connectivity index is 1.47. The number of benzene rings is 3. The van der Waals surface area contributed by atoms with E-state index in [-0.39, 0.29) is 13.0 Å². The molecule has 0 spiro atoms. The van der Waals surface area contributed by atoms with Gasteiger partial charge in [0.1, 0.15) is 6.10 Å². The minimum atomic E-state index is -0.960.